The molecule has 0 aliphatic carbocycles. The molecule has 0 spiro atoms. The van der Waals surface area contributed by atoms with Gasteiger partial charge < -0.3 is 29.7 Å². The zero-order valence-electron chi connectivity index (χ0n) is 21.2. The Balaban J connectivity index is 0.000000175. The summed E-state index contributed by atoms with van der Waals surface area (Å²) in [4.78, 5) is 54.1. The molecule has 0 bridgehead atoms. The molecule has 0 aliphatic heterocycles. The molecule has 0 fully saturated rings. The van der Waals surface area contributed by atoms with Crippen molar-refractivity contribution in [3.05, 3.63) is 90.7 Å². The minimum absolute atomic E-state index is 0. The molecular weight excluding hydrogens is 745 g/mol. The van der Waals surface area contributed by atoms with E-state index in [2.05, 4.69) is 60.5 Å². The molecule has 6 aromatic heterocycles. The molecule has 0 atom stereocenters. The third-order valence-corrected chi connectivity index (χ3v) is 4.72. The van der Waals surface area contributed by atoms with Crippen LogP contribution in [0.3, 0.4) is 0 Å². The quantitative estimate of drug-likeness (QED) is 0.161. The summed E-state index contributed by atoms with van der Waals surface area (Å²) in [5, 5.41) is 48.9. The topological polar surface area (TPSA) is 284 Å². The molecule has 6 rings (SSSR count). The van der Waals surface area contributed by atoms with Gasteiger partial charge in [-0.25, -0.2) is 15.0 Å². The Morgan fingerprint density at radius 3 is 0.953 bits per heavy atom. The van der Waals surface area contributed by atoms with Crippen LogP contribution < -0.4 is 15.3 Å². The molecule has 6 aromatic rings. The van der Waals surface area contributed by atoms with Gasteiger partial charge in [0.15, 0.2) is 34.9 Å². The molecule has 0 unspecified atom stereocenters. The summed E-state index contributed by atoms with van der Waals surface area (Å²) in [6.45, 7) is 0. The molecule has 43 heavy (non-hydrogen) atoms. The number of carboxylic acids is 3. The van der Waals surface area contributed by atoms with Gasteiger partial charge in [0.05, 0.1) is 0 Å². The van der Waals surface area contributed by atoms with Crippen LogP contribution in [0.1, 0.15) is 31.9 Å². The average Bonchev–Trinajstić information content (AvgIpc) is 3.81. The number of aromatic amines is 3. The zero-order valence-corrected chi connectivity index (χ0v) is 23.6. The molecule has 0 saturated heterocycles. The fraction of sp³-hybridized carbons (Fsp3) is 0. The smallest absolute Gasteiger partial charge is 0.542 e. The van der Waals surface area contributed by atoms with E-state index in [-0.39, 0.29) is 55.1 Å². The van der Waals surface area contributed by atoms with E-state index in [9.17, 15) is 29.7 Å². The summed E-state index contributed by atoms with van der Waals surface area (Å²) in [6.07, 6.45) is 4.72. The molecule has 216 valence electrons. The fourth-order valence-corrected chi connectivity index (χ4v) is 2.89. The van der Waals surface area contributed by atoms with Crippen molar-refractivity contribution in [3.8, 4) is 34.6 Å². The largest absolute Gasteiger partial charge is 3.00 e. The van der Waals surface area contributed by atoms with E-state index in [1.165, 1.54) is 0 Å². The van der Waals surface area contributed by atoms with Gasteiger partial charge in [-0.3, -0.25) is 30.2 Å². The fourth-order valence-electron chi connectivity index (χ4n) is 2.89. The number of hydrogen-bond acceptors (Lipinski definition) is 15. The maximum absolute atomic E-state index is 10.4. The van der Waals surface area contributed by atoms with Crippen molar-refractivity contribution < 1.29 is 49.8 Å². The minimum Gasteiger partial charge on any atom is -0.542 e. The second-order valence-corrected chi connectivity index (χ2v) is 7.53. The van der Waals surface area contributed by atoms with Gasteiger partial charge in [-0.2, -0.15) is 15.3 Å². The van der Waals surface area contributed by atoms with Crippen LogP contribution in [0.4, 0.5) is 0 Å². The predicted molar refractivity (Wildman–Crippen MR) is 132 cm³/mol. The molecule has 0 radical (unpaired) electrons. The summed E-state index contributed by atoms with van der Waals surface area (Å²) in [7, 11) is 0. The Kier molecular flexibility index (Phi) is 11.0. The van der Waals surface area contributed by atoms with Crippen molar-refractivity contribution in [2.24, 2.45) is 0 Å². The normalized spacial score (nSPS) is 9.77. The van der Waals surface area contributed by atoms with Crippen molar-refractivity contribution in [1.82, 2.24) is 60.5 Å². The summed E-state index contributed by atoms with van der Waals surface area (Å²) < 4.78 is 0. The number of nitrogens with zero attached hydrogens (tertiary/aromatic N) is 9. The van der Waals surface area contributed by atoms with Gasteiger partial charge >= 0.3 is 20.1 Å². The third kappa shape index (κ3) is 8.71. The second kappa shape index (κ2) is 15.1. The van der Waals surface area contributed by atoms with Crippen molar-refractivity contribution in [3.63, 3.8) is 0 Å². The molecule has 0 saturated carbocycles. The number of carbonyl (C=O) groups is 3. The first-order valence-corrected chi connectivity index (χ1v) is 11.5. The number of nitrogens with one attached hydrogen (secondary N) is 3. The molecule has 3 N–H and O–H groups in total. The van der Waals surface area contributed by atoms with Crippen molar-refractivity contribution in [2.75, 3.05) is 0 Å². The monoisotopic (exact) mass is 760 g/mol. The van der Waals surface area contributed by atoms with Gasteiger partial charge in [-0.1, -0.05) is 18.2 Å². The molecule has 18 nitrogen and oxygen atoms in total. The van der Waals surface area contributed by atoms with Crippen molar-refractivity contribution >= 4 is 17.9 Å². The maximum atomic E-state index is 10.4. The number of hydrogen-bond donors (Lipinski definition) is 3. The van der Waals surface area contributed by atoms with Crippen LogP contribution in [-0.2, 0) is 20.1 Å². The zero-order chi connectivity index (χ0) is 29.9. The van der Waals surface area contributed by atoms with Gasteiger partial charge in [0.25, 0.3) is 0 Å². The van der Waals surface area contributed by atoms with Crippen molar-refractivity contribution in [2.45, 2.75) is 0 Å². The van der Waals surface area contributed by atoms with Crippen LogP contribution >= 0.6 is 0 Å². The van der Waals surface area contributed by atoms with E-state index in [0.29, 0.717) is 17.1 Å². The number of rotatable bonds is 6. The van der Waals surface area contributed by atoms with Crippen LogP contribution in [0, 0.1) is 0 Å². The Hall–Kier alpha value is -6.07. The van der Waals surface area contributed by atoms with Crippen LogP contribution in [0.25, 0.3) is 34.6 Å². The number of H-pyrrole nitrogens is 3. The van der Waals surface area contributed by atoms with Crippen LogP contribution in [0.2, 0.25) is 0 Å². The second-order valence-electron chi connectivity index (χ2n) is 7.53. The number of carboxylic acid groups (broad SMARTS) is 3. The van der Waals surface area contributed by atoms with Crippen LogP contribution in [-0.4, -0.2) is 78.4 Å². The summed E-state index contributed by atoms with van der Waals surface area (Å²) in [6, 6.07) is 15.6. The van der Waals surface area contributed by atoms with E-state index < -0.39 is 17.9 Å². The molecule has 0 aromatic carbocycles. The van der Waals surface area contributed by atoms with Gasteiger partial charge in [0.1, 0.15) is 35.0 Å². The predicted octanol–water partition coefficient (Wildman–Crippen LogP) is -2.31. The van der Waals surface area contributed by atoms with Crippen LogP contribution in [0.15, 0.2) is 73.2 Å². The first-order chi connectivity index (χ1) is 20.3. The minimum atomic E-state index is -1.39. The summed E-state index contributed by atoms with van der Waals surface area (Å²) >= 11 is 0. The van der Waals surface area contributed by atoms with E-state index in [1.807, 2.05) is 0 Å². The Morgan fingerprint density at radius 2 is 0.767 bits per heavy atom. The Morgan fingerprint density at radius 1 is 0.488 bits per heavy atom. The first kappa shape index (κ1) is 31.5. The van der Waals surface area contributed by atoms with E-state index >= 15 is 0 Å². The van der Waals surface area contributed by atoms with Gasteiger partial charge in [-0.15, -0.1) is 0 Å². The van der Waals surface area contributed by atoms with Crippen LogP contribution in [0.5, 0.6) is 0 Å². The molecule has 19 heteroatoms. The molecule has 6 heterocycles. The molecule has 0 aliphatic rings. The molecular formula is C24H15IrN12O6. The maximum Gasteiger partial charge on any atom is 3.00 e. The standard InChI is InChI=1S/3C8H6N4O2.Ir/c3*13-8(14)7-10-6(11-12-7)5-3-1-2-4-9-5;/h3*1-4H,(H,13,14)(H,10,11,12);/q;;;+3/p-3. The Labute approximate surface area is 253 Å². The molecule has 0 amide bonds. The van der Waals surface area contributed by atoms with E-state index in [4.69, 9.17) is 0 Å². The van der Waals surface area contributed by atoms with E-state index in [0.717, 1.165) is 0 Å². The van der Waals surface area contributed by atoms with Gasteiger partial charge in [0, 0.05) is 18.6 Å². The number of pyridine rings is 3. The number of carbonyl (C=O) groups excluding carboxylic acids is 3. The van der Waals surface area contributed by atoms with Gasteiger partial charge in [-0.05, 0) is 36.4 Å². The Bertz CT molecular complexity index is 1570. The van der Waals surface area contributed by atoms with E-state index in [1.54, 1.807) is 73.2 Å². The third-order valence-electron chi connectivity index (χ3n) is 4.72. The van der Waals surface area contributed by atoms with Crippen molar-refractivity contribution in [1.29, 1.82) is 0 Å². The average molecular weight is 760 g/mol. The number of aromatic nitrogens is 12. The number of aromatic carboxylic acids is 3. The summed E-state index contributed by atoms with van der Waals surface area (Å²) in [5.74, 6) is -4.35. The first-order valence-electron chi connectivity index (χ1n) is 11.5. The SMILES string of the molecule is O=C([O-])c1nc(-c2ccccn2)n[nH]1.O=C([O-])c1nc(-c2ccccn2)n[nH]1.O=C([O-])c1nc(-c2ccccn2)n[nH]1.[Ir+3]. The summed E-state index contributed by atoms with van der Waals surface area (Å²) in [5.41, 5.74) is 1.53. The van der Waals surface area contributed by atoms with Gasteiger partial charge in [0.2, 0.25) is 0 Å².